The van der Waals surface area contributed by atoms with Crippen LogP contribution in [0.25, 0.3) is 23.5 Å². The van der Waals surface area contributed by atoms with Crippen LogP contribution in [0.5, 0.6) is 0 Å². The SMILES string of the molecule is O=C(/C=C/c1ccccc1)/C=C/c1ccc(-c2cccc(C(F)(F)F)c2)o1. The molecular formula is C22H15F3O2. The molecule has 5 heteroatoms. The predicted octanol–water partition coefficient (Wildman–Crippen LogP) is 6.26. The van der Waals surface area contributed by atoms with E-state index in [1.54, 1.807) is 18.2 Å². The van der Waals surface area contributed by atoms with Gasteiger partial charge in [0.15, 0.2) is 5.78 Å². The summed E-state index contributed by atoms with van der Waals surface area (Å²) in [5.41, 5.74) is 0.485. The van der Waals surface area contributed by atoms with Crippen LogP contribution < -0.4 is 0 Å². The van der Waals surface area contributed by atoms with Crippen LogP contribution in [-0.2, 0) is 11.0 Å². The van der Waals surface area contributed by atoms with Gasteiger partial charge in [-0.15, -0.1) is 0 Å². The summed E-state index contributed by atoms with van der Waals surface area (Å²) in [5, 5.41) is 0. The second kappa shape index (κ2) is 7.91. The maximum Gasteiger partial charge on any atom is 0.416 e. The van der Waals surface area contributed by atoms with Gasteiger partial charge in [-0.05, 0) is 48.1 Å². The normalized spacial score (nSPS) is 12.1. The summed E-state index contributed by atoms with van der Waals surface area (Å²) in [7, 11) is 0. The Labute approximate surface area is 154 Å². The van der Waals surface area contributed by atoms with E-state index in [1.807, 2.05) is 30.3 Å². The number of benzene rings is 2. The lowest BCUT2D eigenvalue weighted by Gasteiger charge is -2.07. The third-order valence-electron chi connectivity index (χ3n) is 3.75. The van der Waals surface area contributed by atoms with Gasteiger partial charge in [0.2, 0.25) is 0 Å². The van der Waals surface area contributed by atoms with E-state index >= 15 is 0 Å². The van der Waals surface area contributed by atoms with Crippen molar-refractivity contribution in [2.24, 2.45) is 0 Å². The van der Waals surface area contributed by atoms with Crippen molar-refractivity contribution in [3.8, 4) is 11.3 Å². The van der Waals surface area contributed by atoms with E-state index in [0.29, 0.717) is 17.1 Å². The summed E-state index contributed by atoms with van der Waals surface area (Å²) in [6.07, 6.45) is 1.54. The second-order valence-electron chi connectivity index (χ2n) is 5.76. The minimum Gasteiger partial charge on any atom is -0.457 e. The minimum atomic E-state index is -4.41. The molecule has 0 bridgehead atoms. The third-order valence-corrected chi connectivity index (χ3v) is 3.75. The van der Waals surface area contributed by atoms with Gasteiger partial charge in [0.1, 0.15) is 11.5 Å². The molecule has 0 saturated carbocycles. The molecule has 0 aliphatic heterocycles. The van der Waals surface area contributed by atoms with Crippen LogP contribution in [0, 0.1) is 0 Å². The highest BCUT2D eigenvalue weighted by molar-refractivity contribution is 6.04. The first-order chi connectivity index (χ1) is 12.9. The van der Waals surface area contributed by atoms with E-state index in [1.165, 1.54) is 30.4 Å². The molecule has 27 heavy (non-hydrogen) atoms. The van der Waals surface area contributed by atoms with E-state index in [0.717, 1.165) is 17.7 Å². The number of carbonyl (C=O) groups excluding carboxylic acids is 1. The number of hydrogen-bond donors (Lipinski definition) is 0. The van der Waals surface area contributed by atoms with Crippen LogP contribution in [0.15, 0.2) is 83.3 Å². The molecule has 1 aromatic heterocycles. The molecule has 0 aliphatic rings. The molecule has 1 heterocycles. The van der Waals surface area contributed by atoms with Crippen LogP contribution in [-0.4, -0.2) is 5.78 Å². The van der Waals surface area contributed by atoms with Crippen molar-refractivity contribution in [3.63, 3.8) is 0 Å². The standard InChI is InChI=1S/C22H15F3O2/c23-22(24,25)18-8-4-7-17(15-18)21-14-13-20(27-21)12-11-19(26)10-9-16-5-2-1-3-6-16/h1-15H/b10-9+,12-11+. The molecule has 0 radical (unpaired) electrons. The average molecular weight is 368 g/mol. The number of furan rings is 1. The fourth-order valence-electron chi connectivity index (χ4n) is 2.41. The lowest BCUT2D eigenvalue weighted by molar-refractivity contribution is -0.137. The van der Waals surface area contributed by atoms with Gasteiger partial charge in [-0.25, -0.2) is 0 Å². The monoisotopic (exact) mass is 368 g/mol. The van der Waals surface area contributed by atoms with Crippen LogP contribution in [0.1, 0.15) is 16.9 Å². The average Bonchev–Trinajstić information content (AvgIpc) is 3.14. The maximum absolute atomic E-state index is 12.8. The van der Waals surface area contributed by atoms with Gasteiger partial charge in [0.05, 0.1) is 5.56 Å². The summed E-state index contributed by atoms with van der Waals surface area (Å²) in [6, 6.07) is 17.4. The summed E-state index contributed by atoms with van der Waals surface area (Å²) < 4.78 is 43.9. The first-order valence-corrected chi connectivity index (χ1v) is 8.14. The number of ketones is 1. The highest BCUT2D eigenvalue weighted by atomic mass is 19.4. The molecule has 0 spiro atoms. The number of hydrogen-bond acceptors (Lipinski definition) is 2. The number of allylic oxidation sites excluding steroid dienone is 2. The van der Waals surface area contributed by atoms with Crippen molar-refractivity contribution in [2.45, 2.75) is 6.18 Å². The van der Waals surface area contributed by atoms with E-state index in [9.17, 15) is 18.0 Å². The molecule has 0 atom stereocenters. The smallest absolute Gasteiger partial charge is 0.416 e. The number of halogens is 3. The van der Waals surface area contributed by atoms with Gasteiger partial charge in [-0.1, -0.05) is 48.5 Å². The van der Waals surface area contributed by atoms with Crippen LogP contribution in [0.4, 0.5) is 13.2 Å². The quantitative estimate of drug-likeness (QED) is 0.498. The molecule has 136 valence electrons. The molecule has 0 fully saturated rings. The van der Waals surface area contributed by atoms with Gasteiger partial charge in [0, 0.05) is 5.56 Å². The molecule has 0 saturated heterocycles. The fraction of sp³-hybridized carbons (Fsp3) is 0.0455. The van der Waals surface area contributed by atoms with Crippen molar-refractivity contribution in [2.75, 3.05) is 0 Å². The largest absolute Gasteiger partial charge is 0.457 e. The van der Waals surface area contributed by atoms with Gasteiger partial charge in [-0.3, -0.25) is 4.79 Å². The molecule has 3 aromatic rings. The van der Waals surface area contributed by atoms with Gasteiger partial charge in [-0.2, -0.15) is 13.2 Å². The Hall–Kier alpha value is -3.34. The van der Waals surface area contributed by atoms with Crippen LogP contribution >= 0.6 is 0 Å². The van der Waals surface area contributed by atoms with Crippen molar-refractivity contribution >= 4 is 17.9 Å². The zero-order valence-electron chi connectivity index (χ0n) is 14.1. The molecule has 0 amide bonds. The van der Waals surface area contributed by atoms with E-state index in [-0.39, 0.29) is 5.78 Å². The molecule has 0 unspecified atom stereocenters. The van der Waals surface area contributed by atoms with Crippen LogP contribution in [0.3, 0.4) is 0 Å². The topological polar surface area (TPSA) is 30.2 Å². The first kappa shape index (κ1) is 18.5. The summed E-state index contributed by atoms with van der Waals surface area (Å²) in [4.78, 5) is 11.9. The van der Waals surface area contributed by atoms with Gasteiger partial charge in [0.25, 0.3) is 0 Å². The lowest BCUT2D eigenvalue weighted by Crippen LogP contribution is -2.04. The van der Waals surface area contributed by atoms with E-state index in [2.05, 4.69) is 0 Å². The van der Waals surface area contributed by atoms with Crippen LogP contribution in [0.2, 0.25) is 0 Å². The van der Waals surface area contributed by atoms with Gasteiger partial charge < -0.3 is 4.42 Å². The lowest BCUT2D eigenvalue weighted by atomic mass is 10.1. The number of carbonyl (C=O) groups is 1. The Kier molecular flexibility index (Phi) is 5.41. The zero-order chi connectivity index (χ0) is 19.3. The fourth-order valence-corrected chi connectivity index (χ4v) is 2.41. The summed E-state index contributed by atoms with van der Waals surface area (Å²) in [6.45, 7) is 0. The van der Waals surface area contributed by atoms with E-state index in [4.69, 9.17) is 4.42 Å². The Morgan fingerprint density at radius 2 is 1.59 bits per heavy atom. The Morgan fingerprint density at radius 1 is 0.852 bits per heavy atom. The molecular weight excluding hydrogens is 353 g/mol. The number of alkyl halides is 3. The maximum atomic E-state index is 12.8. The second-order valence-corrected chi connectivity index (χ2v) is 5.76. The Balaban J connectivity index is 1.70. The van der Waals surface area contributed by atoms with Crippen molar-refractivity contribution < 1.29 is 22.4 Å². The minimum absolute atomic E-state index is 0.226. The first-order valence-electron chi connectivity index (χ1n) is 8.14. The van der Waals surface area contributed by atoms with Crippen molar-refractivity contribution in [1.29, 1.82) is 0 Å². The molecule has 0 N–H and O–H groups in total. The molecule has 3 rings (SSSR count). The summed E-state index contributed by atoms with van der Waals surface area (Å²) in [5.74, 6) is 0.452. The highest BCUT2D eigenvalue weighted by Crippen LogP contribution is 2.32. The Bertz CT molecular complexity index is 980. The highest BCUT2D eigenvalue weighted by Gasteiger charge is 2.30. The third kappa shape index (κ3) is 5.07. The Morgan fingerprint density at radius 3 is 2.33 bits per heavy atom. The number of rotatable bonds is 5. The zero-order valence-corrected chi connectivity index (χ0v) is 14.1. The van der Waals surface area contributed by atoms with Gasteiger partial charge >= 0.3 is 6.18 Å². The molecule has 0 aliphatic carbocycles. The predicted molar refractivity (Wildman–Crippen MR) is 98.7 cm³/mol. The molecule has 2 aromatic carbocycles. The van der Waals surface area contributed by atoms with Crippen molar-refractivity contribution in [1.82, 2.24) is 0 Å². The van der Waals surface area contributed by atoms with E-state index < -0.39 is 11.7 Å². The van der Waals surface area contributed by atoms with Crippen molar-refractivity contribution in [3.05, 3.63) is 95.8 Å². The molecule has 2 nitrogen and oxygen atoms in total. The summed E-state index contributed by atoms with van der Waals surface area (Å²) >= 11 is 0.